The normalized spacial score (nSPS) is 16.1. The number of nitrogens with zero attached hydrogens (tertiary/aromatic N) is 4. The zero-order chi connectivity index (χ0) is 19.8. The Labute approximate surface area is 161 Å². The average molecular weight is 380 g/mol. The maximum atomic E-state index is 12.1. The lowest BCUT2D eigenvalue weighted by atomic mass is 9.99. The van der Waals surface area contributed by atoms with Gasteiger partial charge >= 0.3 is 6.09 Å². The SMILES string of the molecule is CCC(=O)N1Cc2ncnc(Oc3ccc4c(ccn4C(=O)O)c3)c2CC1C. The van der Waals surface area contributed by atoms with E-state index in [-0.39, 0.29) is 11.9 Å². The monoisotopic (exact) mass is 380 g/mol. The van der Waals surface area contributed by atoms with E-state index in [0.717, 1.165) is 21.2 Å². The molecule has 0 saturated carbocycles. The van der Waals surface area contributed by atoms with E-state index in [4.69, 9.17) is 4.74 Å². The van der Waals surface area contributed by atoms with Gasteiger partial charge in [0.2, 0.25) is 11.8 Å². The molecular formula is C20H20N4O4. The second-order valence-corrected chi connectivity index (χ2v) is 6.82. The Kier molecular flexibility index (Phi) is 4.46. The van der Waals surface area contributed by atoms with Crippen LogP contribution in [0.4, 0.5) is 4.79 Å². The van der Waals surface area contributed by atoms with Gasteiger partial charge in [0.05, 0.1) is 17.8 Å². The van der Waals surface area contributed by atoms with Crippen molar-refractivity contribution in [1.82, 2.24) is 19.4 Å². The highest BCUT2D eigenvalue weighted by Crippen LogP contribution is 2.32. The molecule has 8 heteroatoms. The molecule has 144 valence electrons. The number of ether oxygens (including phenoxy) is 1. The molecule has 0 fully saturated rings. The van der Waals surface area contributed by atoms with Gasteiger partial charge in [-0.25, -0.2) is 14.8 Å². The van der Waals surface area contributed by atoms with Crippen LogP contribution in [0.3, 0.4) is 0 Å². The van der Waals surface area contributed by atoms with Gasteiger partial charge in [-0.15, -0.1) is 0 Å². The molecule has 0 spiro atoms. The Morgan fingerprint density at radius 2 is 2.11 bits per heavy atom. The molecule has 0 saturated heterocycles. The molecule has 3 heterocycles. The average Bonchev–Trinajstić information content (AvgIpc) is 3.11. The minimum atomic E-state index is -1.03. The molecule has 1 N–H and O–H groups in total. The van der Waals surface area contributed by atoms with Gasteiger partial charge in [0.25, 0.3) is 0 Å². The molecule has 0 radical (unpaired) electrons. The van der Waals surface area contributed by atoms with Crippen molar-refractivity contribution in [3.05, 3.63) is 48.0 Å². The fourth-order valence-corrected chi connectivity index (χ4v) is 3.58. The number of amides is 1. The molecular weight excluding hydrogens is 360 g/mol. The Morgan fingerprint density at radius 3 is 2.86 bits per heavy atom. The van der Waals surface area contributed by atoms with Crippen molar-refractivity contribution in [1.29, 1.82) is 0 Å². The molecule has 2 aromatic heterocycles. The molecule has 8 nitrogen and oxygen atoms in total. The smallest absolute Gasteiger partial charge is 0.415 e. The first-order chi connectivity index (χ1) is 13.5. The largest absolute Gasteiger partial charge is 0.464 e. The summed E-state index contributed by atoms with van der Waals surface area (Å²) in [4.78, 5) is 33.8. The Balaban J connectivity index is 1.64. The van der Waals surface area contributed by atoms with E-state index in [1.807, 2.05) is 18.7 Å². The highest BCUT2D eigenvalue weighted by atomic mass is 16.5. The molecule has 28 heavy (non-hydrogen) atoms. The van der Waals surface area contributed by atoms with E-state index >= 15 is 0 Å². The fourth-order valence-electron chi connectivity index (χ4n) is 3.58. The molecule has 1 atom stereocenters. The van der Waals surface area contributed by atoms with Crippen LogP contribution in [0.15, 0.2) is 36.8 Å². The van der Waals surface area contributed by atoms with E-state index in [0.29, 0.717) is 36.5 Å². The van der Waals surface area contributed by atoms with Crippen molar-refractivity contribution in [2.45, 2.75) is 39.3 Å². The van der Waals surface area contributed by atoms with E-state index in [1.165, 1.54) is 12.5 Å². The van der Waals surface area contributed by atoms with E-state index in [2.05, 4.69) is 9.97 Å². The van der Waals surface area contributed by atoms with Crippen molar-refractivity contribution < 1.29 is 19.4 Å². The molecule has 1 aromatic carbocycles. The number of rotatable bonds is 3. The number of hydrogen-bond acceptors (Lipinski definition) is 5. The Bertz CT molecular complexity index is 1080. The van der Waals surface area contributed by atoms with E-state index in [9.17, 15) is 14.7 Å². The highest BCUT2D eigenvalue weighted by molar-refractivity contribution is 5.89. The van der Waals surface area contributed by atoms with Gasteiger partial charge in [-0.3, -0.25) is 9.36 Å². The van der Waals surface area contributed by atoms with Crippen LogP contribution in [0.25, 0.3) is 10.9 Å². The minimum Gasteiger partial charge on any atom is -0.464 e. The quantitative estimate of drug-likeness (QED) is 0.748. The molecule has 0 aliphatic carbocycles. The number of fused-ring (bicyclic) bond motifs is 2. The molecule has 0 bridgehead atoms. The predicted octanol–water partition coefficient (Wildman–Crippen LogP) is 3.43. The van der Waals surface area contributed by atoms with Crippen LogP contribution in [0.1, 0.15) is 31.5 Å². The van der Waals surface area contributed by atoms with Crippen LogP contribution < -0.4 is 4.74 Å². The number of benzene rings is 1. The van der Waals surface area contributed by atoms with Crippen molar-refractivity contribution in [2.24, 2.45) is 0 Å². The molecule has 1 unspecified atom stereocenters. The summed E-state index contributed by atoms with van der Waals surface area (Å²) >= 11 is 0. The summed E-state index contributed by atoms with van der Waals surface area (Å²) in [5.41, 5.74) is 2.29. The molecule has 1 aliphatic heterocycles. The van der Waals surface area contributed by atoms with E-state index in [1.54, 1.807) is 24.3 Å². The second-order valence-electron chi connectivity index (χ2n) is 6.82. The lowest BCUT2D eigenvalue weighted by molar-refractivity contribution is -0.134. The van der Waals surface area contributed by atoms with Gasteiger partial charge < -0.3 is 14.7 Å². The van der Waals surface area contributed by atoms with Crippen molar-refractivity contribution in [3.63, 3.8) is 0 Å². The zero-order valence-electron chi connectivity index (χ0n) is 15.6. The van der Waals surface area contributed by atoms with Gasteiger partial charge in [-0.1, -0.05) is 6.92 Å². The van der Waals surface area contributed by atoms with Crippen LogP contribution in [0.2, 0.25) is 0 Å². The summed E-state index contributed by atoms with van der Waals surface area (Å²) in [5, 5.41) is 9.96. The lowest BCUT2D eigenvalue weighted by Gasteiger charge is -2.34. The third-order valence-corrected chi connectivity index (χ3v) is 5.05. The molecule has 4 rings (SSSR count). The Morgan fingerprint density at radius 1 is 1.29 bits per heavy atom. The first-order valence-electron chi connectivity index (χ1n) is 9.12. The summed E-state index contributed by atoms with van der Waals surface area (Å²) in [6.07, 6.45) is 3.00. The van der Waals surface area contributed by atoms with Crippen molar-refractivity contribution in [2.75, 3.05) is 0 Å². The zero-order valence-corrected chi connectivity index (χ0v) is 15.6. The van der Waals surface area contributed by atoms with Gasteiger partial charge in [0, 0.05) is 29.6 Å². The van der Waals surface area contributed by atoms with Gasteiger partial charge in [0.15, 0.2) is 0 Å². The standard InChI is InChI=1S/C20H20N4O4/c1-3-18(25)24-10-16-15(8-12(24)2)19(22-11-21-16)28-14-4-5-17-13(9-14)6-7-23(17)20(26)27/h4-7,9,11-12H,3,8,10H2,1-2H3,(H,26,27). The van der Waals surface area contributed by atoms with Gasteiger partial charge in [-0.2, -0.15) is 0 Å². The summed E-state index contributed by atoms with van der Waals surface area (Å²) in [6.45, 7) is 4.31. The molecule has 1 aliphatic rings. The topological polar surface area (TPSA) is 97.6 Å². The van der Waals surface area contributed by atoms with Crippen molar-refractivity contribution in [3.8, 4) is 11.6 Å². The Hall–Kier alpha value is -3.42. The first-order valence-corrected chi connectivity index (χ1v) is 9.12. The predicted molar refractivity (Wildman–Crippen MR) is 101 cm³/mol. The number of carbonyl (C=O) groups is 2. The van der Waals surface area contributed by atoms with E-state index < -0.39 is 6.09 Å². The molecule has 3 aromatic rings. The maximum absolute atomic E-state index is 12.1. The first kappa shape index (κ1) is 18.0. The maximum Gasteiger partial charge on any atom is 0.415 e. The van der Waals surface area contributed by atoms with Crippen LogP contribution in [0, 0.1) is 0 Å². The number of aromatic nitrogens is 3. The third kappa shape index (κ3) is 3.06. The van der Waals surface area contributed by atoms with Crippen LogP contribution in [-0.4, -0.2) is 42.6 Å². The number of hydrogen-bond donors (Lipinski definition) is 1. The number of carbonyl (C=O) groups excluding carboxylic acids is 1. The summed E-state index contributed by atoms with van der Waals surface area (Å²) < 4.78 is 7.17. The molecule has 1 amide bonds. The van der Waals surface area contributed by atoms with Gasteiger partial charge in [-0.05, 0) is 37.6 Å². The summed E-state index contributed by atoms with van der Waals surface area (Å²) in [5.74, 6) is 1.14. The minimum absolute atomic E-state index is 0.0420. The van der Waals surface area contributed by atoms with Gasteiger partial charge in [0.1, 0.15) is 12.1 Å². The number of carboxylic acid groups (broad SMARTS) is 1. The summed E-state index contributed by atoms with van der Waals surface area (Å²) in [7, 11) is 0. The third-order valence-electron chi connectivity index (χ3n) is 5.05. The van der Waals surface area contributed by atoms with Crippen LogP contribution in [0.5, 0.6) is 11.6 Å². The summed E-state index contributed by atoms with van der Waals surface area (Å²) in [6, 6.07) is 6.97. The van der Waals surface area contributed by atoms with Crippen LogP contribution in [-0.2, 0) is 17.8 Å². The highest BCUT2D eigenvalue weighted by Gasteiger charge is 2.29. The van der Waals surface area contributed by atoms with Crippen LogP contribution >= 0.6 is 0 Å². The lowest BCUT2D eigenvalue weighted by Crippen LogP contribution is -2.42. The fraction of sp³-hybridized carbons (Fsp3) is 0.300. The van der Waals surface area contributed by atoms with Crippen molar-refractivity contribution >= 4 is 22.9 Å². The second kappa shape index (κ2) is 6.95.